The topological polar surface area (TPSA) is 38.3 Å². The highest BCUT2D eigenvalue weighted by Gasteiger charge is 2.24. The fourth-order valence-electron chi connectivity index (χ4n) is 3.89. The van der Waals surface area contributed by atoms with Crippen molar-refractivity contribution in [2.75, 3.05) is 18.5 Å². The lowest BCUT2D eigenvalue weighted by atomic mass is 9.79. The maximum atomic E-state index is 12.6. The molecule has 1 N–H and O–H groups in total. The van der Waals surface area contributed by atoms with Crippen LogP contribution in [-0.4, -0.2) is 28.7 Å². The molecular formula is C20H31NO2S. The zero-order chi connectivity index (χ0) is 16.9. The average molecular weight is 350 g/mol. The molecule has 0 amide bonds. The van der Waals surface area contributed by atoms with Crippen molar-refractivity contribution in [1.29, 1.82) is 0 Å². The van der Waals surface area contributed by atoms with Crippen molar-refractivity contribution < 1.29 is 8.95 Å². The van der Waals surface area contributed by atoms with E-state index in [0.717, 1.165) is 37.9 Å². The summed E-state index contributed by atoms with van der Waals surface area (Å²) in [5.74, 6) is 2.30. The largest absolute Gasteiger partial charge is 0.382 e. The van der Waals surface area contributed by atoms with E-state index in [-0.39, 0.29) is 0 Å². The highest BCUT2D eigenvalue weighted by Crippen LogP contribution is 2.31. The number of ether oxygens (including phenoxy) is 1. The molecule has 4 unspecified atom stereocenters. The van der Waals surface area contributed by atoms with Gasteiger partial charge >= 0.3 is 0 Å². The van der Waals surface area contributed by atoms with Gasteiger partial charge in [0.25, 0.3) is 0 Å². The van der Waals surface area contributed by atoms with Crippen LogP contribution in [0.4, 0.5) is 5.69 Å². The van der Waals surface area contributed by atoms with Crippen molar-refractivity contribution in [2.45, 2.75) is 63.0 Å². The Hall–Kier alpha value is -0.870. The van der Waals surface area contributed by atoms with Crippen LogP contribution in [0.3, 0.4) is 0 Å². The summed E-state index contributed by atoms with van der Waals surface area (Å²) in [6.07, 6.45) is 5.68. The first-order valence-electron chi connectivity index (χ1n) is 9.42. The molecule has 134 valence electrons. The molecule has 2 fully saturated rings. The Balaban J connectivity index is 1.56. The summed E-state index contributed by atoms with van der Waals surface area (Å²) in [6.45, 7) is 6.26. The van der Waals surface area contributed by atoms with Crippen LogP contribution in [0.1, 0.15) is 51.5 Å². The molecule has 3 rings (SSSR count). The summed E-state index contributed by atoms with van der Waals surface area (Å²) >= 11 is 0. The molecule has 0 spiro atoms. The van der Waals surface area contributed by atoms with Gasteiger partial charge in [-0.15, -0.1) is 0 Å². The van der Waals surface area contributed by atoms with Crippen LogP contribution in [0.25, 0.3) is 0 Å². The Morgan fingerprint density at radius 3 is 2.67 bits per heavy atom. The fraction of sp³-hybridized carbons (Fsp3) is 0.700. The predicted molar refractivity (Wildman–Crippen MR) is 102 cm³/mol. The van der Waals surface area contributed by atoms with Crippen molar-refractivity contribution >= 4 is 16.5 Å². The molecule has 1 aromatic carbocycles. The molecule has 1 heterocycles. The molecule has 3 nitrogen and oxygen atoms in total. The van der Waals surface area contributed by atoms with E-state index in [1.165, 1.54) is 30.5 Å². The van der Waals surface area contributed by atoms with E-state index in [2.05, 4.69) is 43.4 Å². The third kappa shape index (κ3) is 4.82. The van der Waals surface area contributed by atoms with Crippen molar-refractivity contribution in [3.05, 3.63) is 29.8 Å². The Kier molecular flexibility index (Phi) is 6.34. The van der Waals surface area contributed by atoms with Crippen LogP contribution in [-0.2, 0) is 21.3 Å². The van der Waals surface area contributed by atoms with Crippen LogP contribution >= 0.6 is 0 Å². The van der Waals surface area contributed by atoms with Gasteiger partial charge in [-0.25, -0.2) is 0 Å². The van der Waals surface area contributed by atoms with E-state index >= 15 is 0 Å². The monoisotopic (exact) mass is 349 g/mol. The van der Waals surface area contributed by atoms with Gasteiger partial charge in [-0.2, -0.15) is 0 Å². The van der Waals surface area contributed by atoms with Gasteiger partial charge in [-0.3, -0.25) is 4.21 Å². The minimum atomic E-state index is -0.791. The summed E-state index contributed by atoms with van der Waals surface area (Å²) in [4.78, 5) is 0. The van der Waals surface area contributed by atoms with Crippen LogP contribution in [0.2, 0.25) is 0 Å². The molecule has 1 aliphatic carbocycles. The molecule has 4 heteroatoms. The quantitative estimate of drug-likeness (QED) is 0.859. The molecule has 4 atom stereocenters. The third-order valence-electron chi connectivity index (χ3n) is 5.74. The van der Waals surface area contributed by atoms with E-state index in [0.29, 0.717) is 17.0 Å². The highest BCUT2D eigenvalue weighted by atomic mass is 32.2. The van der Waals surface area contributed by atoms with Crippen LogP contribution in [0.15, 0.2) is 24.3 Å². The summed E-state index contributed by atoms with van der Waals surface area (Å²) in [6, 6.07) is 9.11. The van der Waals surface area contributed by atoms with Gasteiger partial charge in [0.2, 0.25) is 0 Å². The first-order valence-corrected chi connectivity index (χ1v) is 10.8. The van der Waals surface area contributed by atoms with Crippen molar-refractivity contribution in [1.82, 2.24) is 0 Å². The second-order valence-corrected chi connectivity index (χ2v) is 9.36. The molecular weight excluding hydrogens is 318 g/mol. The van der Waals surface area contributed by atoms with Gasteiger partial charge in [0, 0.05) is 46.7 Å². The molecule has 1 saturated carbocycles. The molecule has 24 heavy (non-hydrogen) atoms. The minimum absolute atomic E-state index is 0.302. The van der Waals surface area contributed by atoms with Gasteiger partial charge < -0.3 is 10.1 Å². The second-order valence-electron chi connectivity index (χ2n) is 7.65. The van der Waals surface area contributed by atoms with Gasteiger partial charge in [0.1, 0.15) is 0 Å². The van der Waals surface area contributed by atoms with E-state index in [4.69, 9.17) is 4.74 Å². The number of hydrogen-bond donors (Lipinski definition) is 1. The van der Waals surface area contributed by atoms with Gasteiger partial charge in [-0.1, -0.05) is 26.0 Å². The highest BCUT2D eigenvalue weighted by molar-refractivity contribution is 7.84. The zero-order valence-corrected chi connectivity index (χ0v) is 15.8. The Morgan fingerprint density at radius 1 is 1.12 bits per heavy atom. The van der Waals surface area contributed by atoms with E-state index in [1.54, 1.807) is 0 Å². The standard InChI is InChI=1S/C20H31NO2S/c1-15-6-7-19(12-16(15)2)21-18-5-3-4-17(13-18)14-24(22)20-8-10-23-11-9-20/h3-5,13,15-16,19-21H,6-12,14H2,1-2H3. The molecule has 0 bridgehead atoms. The lowest BCUT2D eigenvalue weighted by Gasteiger charge is -2.33. The summed E-state index contributed by atoms with van der Waals surface area (Å²) in [5.41, 5.74) is 2.37. The van der Waals surface area contributed by atoms with Gasteiger partial charge in [0.15, 0.2) is 0 Å². The summed E-state index contributed by atoms with van der Waals surface area (Å²) in [5, 5.41) is 4.01. The second kappa shape index (κ2) is 8.48. The summed E-state index contributed by atoms with van der Waals surface area (Å²) in [7, 11) is -0.791. The molecule has 1 saturated heterocycles. The predicted octanol–water partition coefficient (Wildman–Crippen LogP) is 4.35. The first kappa shape index (κ1) is 17.9. The number of nitrogens with one attached hydrogen (secondary N) is 1. The Morgan fingerprint density at radius 2 is 1.92 bits per heavy atom. The van der Waals surface area contributed by atoms with Crippen LogP contribution < -0.4 is 5.32 Å². The number of benzene rings is 1. The molecule has 2 aliphatic rings. The lowest BCUT2D eigenvalue weighted by molar-refractivity contribution is 0.0992. The van der Waals surface area contributed by atoms with E-state index < -0.39 is 10.8 Å². The SMILES string of the molecule is CC1CCC(Nc2cccc(CS(=O)C3CCOCC3)c2)CC1C. The smallest absolute Gasteiger partial charge is 0.0489 e. The van der Waals surface area contributed by atoms with E-state index in [9.17, 15) is 4.21 Å². The Bertz CT molecular complexity index is 556. The molecule has 1 aromatic rings. The number of anilines is 1. The van der Waals surface area contributed by atoms with Crippen LogP contribution in [0.5, 0.6) is 0 Å². The summed E-state index contributed by atoms with van der Waals surface area (Å²) < 4.78 is 18.0. The van der Waals surface area contributed by atoms with Gasteiger partial charge in [-0.05, 0) is 61.6 Å². The lowest BCUT2D eigenvalue weighted by Crippen LogP contribution is -2.30. The fourth-order valence-corrected chi connectivity index (χ4v) is 5.35. The molecule has 0 aromatic heterocycles. The van der Waals surface area contributed by atoms with E-state index in [1.807, 2.05) is 0 Å². The van der Waals surface area contributed by atoms with Crippen molar-refractivity contribution in [3.8, 4) is 0 Å². The Labute approximate surface area is 149 Å². The minimum Gasteiger partial charge on any atom is -0.382 e. The van der Waals surface area contributed by atoms with Crippen molar-refractivity contribution in [2.24, 2.45) is 11.8 Å². The maximum Gasteiger partial charge on any atom is 0.0489 e. The number of rotatable bonds is 5. The number of hydrogen-bond acceptors (Lipinski definition) is 3. The van der Waals surface area contributed by atoms with Gasteiger partial charge in [0.05, 0.1) is 0 Å². The molecule has 0 radical (unpaired) electrons. The van der Waals surface area contributed by atoms with Crippen LogP contribution in [0, 0.1) is 11.8 Å². The van der Waals surface area contributed by atoms with Crippen molar-refractivity contribution in [3.63, 3.8) is 0 Å². The third-order valence-corrected chi connectivity index (χ3v) is 7.58. The normalized spacial score (nSPS) is 30.0. The average Bonchev–Trinajstić information content (AvgIpc) is 2.59. The zero-order valence-electron chi connectivity index (χ0n) is 15.0. The maximum absolute atomic E-state index is 12.6. The molecule has 1 aliphatic heterocycles. The first-order chi connectivity index (χ1) is 11.6.